The monoisotopic (exact) mass is 1130 g/mol. The van der Waals surface area contributed by atoms with Gasteiger partial charge in [-0.05, 0) is 34.6 Å². The Hall–Kier alpha value is -6.87. The Morgan fingerprint density at radius 1 is 0.493 bits per heavy atom. The molecule has 3 fully saturated rings. The number of hydrogen-bond acceptors (Lipinski definition) is 27. The fourth-order valence-electron chi connectivity index (χ4n) is 4.85. The molecule has 0 spiro atoms. The van der Waals surface area contributed by atoms with E-state index in [0.717, 1.165) is 69.4 Å². The van der Waals surface area contributed by atoms with Crippen LogP contribution in [0.5, 0.6) is 0 Å². The molecule has 5 aliphatic heterocycles. The molecule has 32 heteroatoms. The standard InChI is InChI=1S/C10H8N2O6.C10H13NO4S.C8H9NO5S.C7H7NO3.C5H8O2S.C3H6OS.H3NO/c13-6-1-2-7(14)11(6)5-10(17)18-12-8(15)3-4-9(12)16;1-6(12)4-11-9(14)3-8(10(11)15)16-5-7(2)13;1-5(10)15-4-8(13)14-9-6(11)2-3-7(9)12;1-5(9)4-8-6(10)2-3-7(8)11;1-4(6)3-8-5(2)7;1-3(4)2-5;1-2/h1-2H,3-5H2;8H,3-5H2,1-2H3;2-4H2,1H3;2-3H,4H2,1H3;3H2,1-2H3;5H,2H2,1H3;2H,1H2. The molecule has 1 unspecified atom stereocenters. The number of imide groups is 5. The Bertz CT molecular complexity index is 2270. The lowest BCUT2D eigenvalue weighted by Gasteiger charge is -2.16. The van der Waals surface area contributed by atoms with Gasteiger partial charge in [0.15, 0.2) is 10.2 Å². The summed E-state index contributed by atoms with van der Waals surface area (Å²) >= 11 is 6.64. The van der Waals surface area contributed by atoms with Crippen molar-refractivity contribution >= 4 is 158 Å². The first kappa shape index (κ1) is 70.2. The second-order valence-corrected chi connectivity index (χ2v) is 18.6. The highest BCUT2D eigenvalue weighted by atomic mass is 32.2. The second-order valence-electron chi connectivity index (χ2n) is 14.8. The molecule has 28 nitrogen and oxygen atoms in total. The van der Waals surface area contributed by atoms with Crippen molar-refractivity contribution in [3.63, 3.8) is 0 Å². The van der Waals surface area contributed by atoms with Crippen LogP contribution in [0.25, 0.3) is 0 Å². The lowest BCUT2D eigenvalue weighted by atomic mass is 10.4. The number of carbonyl (C=O) groups is 19. The van der Waals surface area contributed by atoms with Crippen LogP contribution in [-0.4, -0.2) is 188 Å². The number of thioether (sulfide) groups is 3. The van der Waals surface area contributed by atoms with E-state index in [9.17, 15) is 91.1 Å². The van der Waals surface area contributed by atoms with Crippen LogP contribution < -0.4 is 5.90 Å². The summed E-state index contributed by atoms with van der Waals surface area (Å²) in [5.41, 5.74) is 0. The minimum atomic E-state index is -1.02. The number of Topliss-reactive ketones (excluding diaryl/α,β-unsaturated/α-hetero) is 5. The van der Waals surface area contributed by atoms with Gasteiger partial charge in [-0.3, -0.25) is 96.2 Å². The average Bonchev–Trinajstić information content (AvgIpc) is 4.10. The van der Waals surface area contributed by atoms with Gasteiger partial charge in [0.05, 0.1) is 29.8 Å². The first-order valence-electron chi connectivity index (χ1n) is 21.2. The summed E-state index contributed by atoms with van der Waals surface area (Å²) in [6, 6.07) is 0. The van der Waals surface area contributed by atoms with Crippen molar-refractivity contribution in [2.75, 3.05) is 42.6 Å². The van der Waals surface area contributed by atoms with E-state index in [1.54, 1.807) is 0 Å². The summed E-state index contributed by atoms with van der Waals surface area (Å²) < 4.78 is 0. The Kier molecular flexibility index (Phi) is 34.6. The summed E-state index contributed by atoms with van der Waals surface area (Å²) in [6.07, 6.45) is 4.52. The zero-order chi connectivity index (χ0) is 58.3. The second kappa shape index (κ2) is 37.0. The van der Waals surface area contributed by atoms with Crippen LogP contribution in [0.4, 0.5) is 0 Å². The lowest BCUT2D eigenvalue weighted by Crippen LogP contribution is -2.40. The predicted molar refractivity (Wildman–Crippen MR) is 263 cm³/mol. The molecule has 0 aromatic rings. The maximum absolute atomic E-state index is 11.7. The Morgan fingerprint density at radius 2 is 0.827 bits per heavy atom. The number of nitrogens with zero attached hydrogens (tertiary/aromatic N) is 5. The average molecular weight is 1140 g/mol. The topological polar surface area (TPSA) is 405 Å². The summed E-state index contributed by atoms with van der Waals surface area (Å²) in [7, 11) is 0. The van der Waals surface area contributed by atoms with Gasteiger partial charge in [0.25, 0.3) is 47.3 Å². The van der Waals surface area contributed by atoms with E-state index in [1.807, 2.05) is 0 Å². The zero-order valence-electron chi connectivity index (χ0n) is 41.4. The number of amides is 10. The molecule has 1 atom stereocenters. The smallest absolute Gasteiger partial charge is 0.329 e. The van der Waals surface area contributed by atoms with Crippen molar-refractivity contribution in [2.45, 2.75) is 85.8 Å². The summed E-state index contributed by atoms with van der Waals surface area (Å²) in [5.74, 6) is -2.99. The third-order valence-corrected chi connectivity index (χ3v) is 11.6. The highest BCUT2D eigenvalue weighted by Crippen LogP contribution is 2.25. The molecule has 5 aliphatic rings. The van der Waals surface area contributed by atoms with E-state index < -0.39 is 71.0 Å². The number of hydroxylamine groups is 4. The number of rotatable bonds is 16. The number of likely N-dealkylation sites (tertiary alicyclic amines) is 1. The van der Waals surface area contributed by atoms with Gasteiger partial charge >= 0.3 is 11.9 Å². The molecule has 5 heterocycles. The fourth-order valence-corrected chi connectivity index (χ4v) is 6.60. The molecule has 5 rings (SSSR count). The fraction of sp³-hybridized carbons (Fsp3) is 0.465. The van der Waals surface area contributed by atoms with Gasteiger partial charge in [0.2, 0.25) is 11.8 Å². The summed E-state index contributed by atoms with van der Waals surface area (Å²) in [6.45, 7) is 8.92. The van der Waals surface area contributed by atoms with Crippen LogP contribution in [0.2, 0.25) is 0 Å². The van der Waals surface area contributed by atoms with Gasteiger partial charge < -0.3 is 14.9 Å². The number of carbonyl (C=O) groups excluding carboxylic acids is 19. The molecule has 0 aromatic heterocycles. The van der Waals surface area contributed by atoms with Gasteiger partial charge in [-0.1, -0.05) is 23.5 Å². The molecule has 0 saturated carbocycles. The molecule has 0 bridgehead atoms. The molecule has 412 valence electrons. The molecule has 0 aromatic carbocycles. The maximum atomic E-state index is 11.7. The van der Waals surface area contributed by atoms with E-state index in [0.29, 0.717) is 26.5 Å². The first-order valence-corrected chi connectivity index (χ1v) is 24.8. The van der Waals surface area contributed by atoms with Crippen molar-refractivity contribution < 1.29 is 106 Å². The number of nitrogens with two attached hydrogens (primary N) is 1. The molecule has 10 amide bonds. The molecular formula is C43H54N6O22S4. The minimum absolute atomic E-state index is 0.000185. The van der Waals surface area contributed by atoms with Crippen molar-refractivity contribution in [1.29, 1.82) is 0 Å². The van der Waals surface area contributed by atoms with Crippen molar-refractivity contribution in [3.05, 3.63) is 24.3 Å². The van der Waals surface area contributed by atoms with Crippen molar-refractivity contribution in [2.24, 2.45) is 5.90 Å². The molecule has 75 heavy (non-hydrogen) atoms. The molecular weight excluding hydrogens is 1080 g/mol. The number of thiol groups is 1. The SMILES string of the molecule is CC(=O)CN1C(=O)C=CC1=O.CC(=O)CS.CC(=O)CSC(C)=O.CC(=O)CSC1CC(=O)N(CC(C)=O)C1=O.CC(=O)SCC(=O)ON1C(=O)CCC1=O.NO.O=C(CN1C(=O)C=CC1=O)ON1C(=O)CCC1=O. The van der Waals surface area contributed by atoms with E-state index in [1.165, 1.54) is 48.5 Å². The van der Waals surface area contributed by atoms with Crippen molar-refractivity contribution in [3.8, 4) is 0 Å². The van der Waals surface area contributed by atoms with Crippen molar-refractivity contribution in [1.82, 2.24) is 24.8 Å². The number of ketones is 5. The molecule has 3 N–H and O–H groups in total. The summed E-state index contributed by atoms with van der Waals surface area (Å²) in [5, 5.41) is 6.59. The van der Waals surface area contributed by atoms with Gasteiger partial charge in [-0.25, -0.2) is 15.5 Å². The van der Waals surface area contributed by atoms with Crippen LogP contribution in [0, 0.1) is 0 Å². The van der Waals surface area contributed by atoms with Crippen LogP contribution >= 0.6 is 47.9 Å². The normalized spacial score (nSPS) is 16.0. The maximum Gasteiger partial charge on any atom is 0.352 e. The van der Waals surface area contributed by atoms with E-state index in [2.05, 4.69) is 28.2 Å². The lowest BCUT2D eigenvalue weighted by molar-refractivity contribution is -0.198. The molecule has 3 saturated heterocycles. The Labute approximate surface area is 445 Å². The van der Waals surface area contributed by atoms with E-state index in [-0.39, 0.29) is 108 Å². The third-order valence-electron chi connectivity index (χ3n) is 8.03. The first-order chi connectivity index (χ1) is 34.9. The Morgan fingerprint density at radius 3 is 1.15 bits per heavy atom. The highest BCUT2D eigenvalue weighted by molar-refractivity contribution is 8.14. The Balaban J connectivity index is 0. The highest BCUT2D eigenvalue weighted by Gasteiger charge is 2.39. The molecule has 0 aliphatic carbocycles. The zero-order valence-corrected chi connectivity index (χ0v) is 44.7. The number of hydrogen-bond donors (Lipinski definition) is 3. The predicted octanol–water partition coefficient (Wildman–Crippen LogP) is -1.39. The van der Waals surface area contributed by atoms with Crippen LogP contribution in [0.15, 0.2) is 24.3 Å². The molecule has 0 radical (unpaired) electrons. The quantitative estimate of drug-likeness (QED) is 0.0910. The van der Waals surface area contributed by atoms with Gasteiger partial charge in [-0.15, -0.1) is 21.9 Å². The minimum Gasteiger partial charge on any atom is -0.329 e. The van der Waals surface area contributed by atoms with E-state index in [4.69, 9.17) is 5.21 Å². The van der Waals surface area contributed by atoms with Crippen LogP contribution in [0.3, 0.4) is 0 Å². The van der Waals surface area contributed by atoms with Crippen LogP contribution in [0.1, 0.15) is 80.6 Å². The van der Waals surface area contributed by atoms with Gasteiger partial charge in [0.1, 0.15) is 41.2 Å². The van der Waals surface area contributed by atoms with E-state index >= 15 is 0 Å². The van der Waals surface area contributed by atoms with Gasteiger partial charge in [0, 0.05) is 76.0 Å². The summed E-state index contributed by atoms with van der Waals surface area (Å²) in [4.78, 5) is 218. The largest absolute Gasteiger partial charge is 0.352 e. The third kappa shape index (κ3) is 29.6. The van der Waals surface area contributed by atoms with Gasteiger partial charge in [-0.2, -0.15) is 12.6 Å². The van der Waals surface area contributed by atoms with Crippen LogP contribution in [-0.2, 0) is 101 Å².